The first-order valence-electron chi connectivity index (χ1n) is 3.35. The van der Waals surface area contributed by atoms with E-state index >= 15 is 0 Å². The van der Waals surface area contributed by atoms with Crippen molar-refractivity contribution in [1.29, 1.82) is 0 Å². The third-order valence-electron chi connectivity index (χ3n) is 0.804. The van der Waals surface area contributed by atoms with Gasteiger partial charge in [0.15, 0.2) is 0 Å². The summed E-state index contributed by atoms with van der Waals surface area (Å²) in [6, 6.07) is 0. The van der Waals surface area contributed by atoms with Crippen molar-refractivity contribution in [3.8, 4) is 0 Å². The highest BCUT2D eigenvalue weighted by molar-refractivity contribution is 5.86. The fourth-order valence-electron chi connectivity index (χ4n) is 0.150. The van der Waals surface area contributed by atoms with E-state index in [0.29, 0.717) is 0 Å². The molecular formula is C8H13NO4. The average Bonchev–Trinajstić information content (AvgIpc) is 2.05. The lowest BCUT2D eigenvalue weighted by Gasteiger charge is -1.89. The predicted molar refractivity (Wildman–Crippen MR) is 47.9 cm³/mol. The molecule has 0 atom stereocenters. The van der Waals surface area contributed by atoms with Crippen molar-refractivity contribution in [1.82, 2.24) is 5.32 Å². The summed E-state index contributed by atoms with van der Waals surface area (Å²) < 4.78 is 0. The second kappa shape index (κ2) is 8.48. The van der Waals surface area contributed by atoms with Crippen LogP contribution >= 0.6 is 0 Å². The summed E-state index contributed by atoms with van der Waals surface area (Å²) in [5.41, 5.74) is 0.176. The van der Waals surface area contributed by atoms with E-state index in [1.807, 2.05) is 0 Å². The molecule has 0 unspecified atom stereocenters. The average molecular weight is 187 g/mol. The number of carboxylic acid groups (broad SMARTS) is 1. The van der Waals surface area contributed by atoms with E-state index < -0.39 is 5.97 Å². The highest BCUT2D eigenvalue weighted by atomic mass is 16.4. The van der Waals surface area contributed by atoms with Gasteiger partial charge in [0, 0.05) is 5.57 Å². The summed E-state index contributed by atoms with van der Waals surface area (Å²) in [5, 5.41) is 18.0. The van der Waals surface area contributed by atoms with Crippen molar-refractivity contribution >= 4 is 11.9 Å². The van der Waals surface area contributed by atoms with Crippen LogP contribution in [-0.2, 0) is 9.59 Å². The number of carbonyl (C=O) groups excluding carboxylic acids is 1. The SMILES string of the molecule is C=C(C)C(=O)O.C=CC(=O)NCO. The van der Waals surface area contributed by atoms with Gasteiger partial charge in [-0.3, -0.25) is 4.79 Å². The summed E-state index contributed by atoms with van der Waals surface area (Å²) in [6.45, 7) is 7.43. The molecule has 0 bridgehead atoms. The molecule has 0 spiro atoms. The van der Waals surface area contributed by atoms with E-state index in [1.54, 1.807) is 0 Å². The van der Waals surface area contributed by atoms with Crippen LogP contribution in [0, 0.1) is 0 Å². The summed E-state index contributed by atoms with van der Waals surface area (Å²) in [6.07, 6.45) is 1.09. The lowest BCUT2D eigenvalue weighted by molar-refractivity contribution is -0.132. The van der Waals surface area contributed by atoms with E-state index in [0.717, 1.165) is 6.08 Å². The summed E-state index contributed by atoms with van der Waals surface area (Å²) >= 11 is 0. The maximum absolute atomic E-state index is 10.0. The van der Waals surface area contributed by atoms with Gasteiger partial charge in [0.1, 0.15) is 6.73 Å². The molecule has 0 aliphatic carbocycles. The number of carbonyl (C=O) groups is 2. The molecule has 13 heavy (non-hydrogen) atoms. The number of aliphatic hydroxyl groups excluding tert-OH is 1. The number of rotatable bonds is 3. The molecular weight excluding hydrogens is 174 g/mol. The van der Waals surface area contributed by atoms with Gasteiger partial charge in [-0.1, -0.05) is 13.2 Å². The summed E-state index contributed by atoms with van der Waals surface area (Å²) in [7, 11) is 0. The second-order valence-corrected chi connectivity index (χ2v) is 1.99. The molecule has 0 aliphatic heterocycles. The minimum atomic E-state index is -0.935. The van der Waals surface area contributed by atoms with Crippen LogP contribution in [0.25, 0.3) is 0 Å². The van der Waals surface area contributed by atoms with Crippen molar-refractivity contribution < 1.29 is 19.8 Å². The summed E-state index contributed by atoms with van der Waals surface area (Å²) in [4.78, 5) is 19.6. The standard InChI is InChI=1S/C4H7NO2.C4H6O2/c1-2-4(7)5-3-6;1-3(2)4(5)6/h2,6H,1,3H2,(H,5,7);1H2,2H3,(H,5,6). The van der Waals surface area contributed by atoms with Crippen LogP contribution in [0.3, 0.4) is 0 Å². The molecule has 0 radical (unpaired) electrons. The van der Waals surface area contributed by atoms with E-state index in [-0.39, 0.29) is 18.2 Å². The molecule has 0 aliphatic rings. The minimum absolute atomic E-state index is 0.176. The highest BCUT2D eigenvalue weighted by Gasteiger charge is 1.90. The van der Waals surface area contributed by atoms with Gasteiger partial charge in [-0.05, 0) is 13.0 Å². The maximum atomic E-state index is 10.0. The van der Waals surface area contributed by atoms with Crippen LogP contribution in [0.1, 0.15) is 6.92 Å². The Bertz CT molecular complexity index is 198. The largest absolute Gasteiger partial charge is 0.478 e. The Kier molecular flexibility index (Phi) is 9.09. The number of hydrogen-bond acceptors (Lipinski definition) is 3. The zero-order valence-corrected chi connectivity index (χ0v) is 7.41. The number of carboxylic acids is 1. The van der Waals surface area contributed by atoms with E-state index in [1.165, 1.54) is 6.92 Å². The van der Waals surface area contributed by atoms with Gasteiger partial charge in [-0.2, -0.15) is 0 Å². The maximum Gasteiger partial charge on any atom is 0.330 e. The first-order valence-corrected chi connectivity index (χ1v) is 3.35. The van der Waals surface area contributed by atoms with Crippen LogP contribution in [0.4, 0.5) is 0 Å². The van der Waals surface area contributed by atoms with E-state index in [9.17, 15) is 9.59 Å². The van der Waals surface area contributed by atoms with Gasteiger partial charge in [-0.15, -0.1) is 0 Å². The van der Waals surface area contributed by atoms with E-state index in [2.05, 4.69) is 18.5 Å². The van der Waals surface area contributed by atoms with Gasteiger partial charge < -0.3 is 15.5 Å². The molecule has 0 saturated carbocycles. The Morgan fingerprint density at radius 2 is 1.92 bits per heavy atom. The fourth-order valence-corrected chi connectivity index (χ4v) is 0.150. The van der Waals surface area contributed by atoms with Crippen LogP contribution in [0.2, 0.25) is 0 Å². The summed E-state index contributed by atoms with van der Waals surface area (Å²) in [5.74, 6) is -1.29. The topological polar surface area (TPSA) is 86.6 Å². The zero-order valence-electron chi connectivity index (χ0n) is 7.41. The number of nitrogens with one attached hydrogen (secondary N) is 1. The monoisotopic (exact) mass is 187 g/mol. The third kappa shape index (κ3) is 13.4. The minimum Gasteiger partial charge on any atom is -0.478 e. The quantitative estimate of drug-likeness (QED) is 0.425. The molecule has 0 heterocycles. The lowest BCUT2D eigenvalue weighted by Crippen LogP contribution is -2.20. The van der Waals surface area contributed by atoms with Gasteiger partial charge in [0.2, 0.25) is 5.91 Å². The first kappa shape index (κ1) is 13.9. The van der Waals surface area contributed by atoms with Crippen molar-refractivity contribution in [2.45, 2.75) is 6.92 Å². The number of amides is 1. The Morgan fingerprint density at radius 3 is 2.00 bits per heavy atom. The Hall–Kier alpha value is -1.62. The molecule has 0 aromatic heterocycles. The van der Waals surface area contributed by atoms with Gasteiger partial charge in [0.05, 0.1) is 0 Å². The number of aliphatic hydroxyl groups is 1. The van der Waals surface area contributed by atoms with Gasteiger partial charge >= 0.3 is 5.97 Å². The Balaban J connectivity index is 0. The Labute approximate surface area is 76.4 Å². The molecule has 74 valence electrons. The fraction of sp³-hybridized carbons (Fsp3) is 0.250. The van der Waals surface area contributed by atoms with Crippen molar-refractivity contribution in [2.75, 3.05) is 6.73 Å². The van der Waals surface area contributed by atoms with Crippen molar-refractivity contribution in [2.24, 2.45) is 0 Å². The van der Waals surface area contributed by atoms with Crippen LogP contribution < -0.4 is 5.32 Å². The first-order chi connectivity index (χ1) is 5.95. The van der Waals surface area contributed by atoms with Crippen LogP contribution in [-0.4, -0.2) is 28.8 Å². The third-order valence-corrected chi connectivity index (χ3v) is 0.804. The van der Waals surface area contributed by atoms with Crippen LogP contribution in [0.15, 0.2) is 24.8 Å². The Morgan fingerprint density at radius 1 is 1.54 bits per heavy atom. The molecule has 0 saturated heterocycles. The van der Waals surface area contributed by atoms with Gasteiger partial charge in [0.25, 0.3) is 0 Å². The normalized spacial score (nSPS) is 7.54. The van der Waals surface area contributed by atoms with Crippen molar-refractivity contribution in [3.05, 3.63) is 24.8 Å². The highest BCUT2D eigenvalue weighted by Crippen LogP contribution is 1.81. The number of hydrogen-bond donors (Lipinski definition) is 3. The lowest BCUT2D eigenvalue weighted by atomic mass is 10.4. The molecule has 5 heteroatoms. The molecule has 0 aromatic rings. The smallest absolute Gasteiger partial charge is 0.330 e. The van der Waals surface area contributed by atoms with E-state index in [4.69, 9.17) is 10.2 Å². The molecule has 0 fully saturated rings. The predicted octanol–water partition coefficient (Wildman–Crippen LogP) is -0.114. The molecule has 5 nitrogen and oxygen atoms in total. The molecule has 0 aromatic carbocycles. The molecule has 0 rings (SSSR count). The zero-order chi connectivity index (χ0) is 10.9. The van der Waals surface area contributed by atoms with Crippen molar-refractivity contribution in [3.63, 3.8) is 0 Å². The molecule has 1 amide bonds. The van der Waals surface area contributed by atoms with Crippen LogP contribution in [0.5, 0.6) is 0 Å². The van der Waals surface area contributed by atoms with Gasteiger partial charge in [-0.25, -0.2) is 4.79 Å². The molecule has 3 N–H and O–H groups in total. The second-order valence-electron chi connectivity index (χ2n) is 1.99. The number of aliphatic carboxylic acids is 1.